The molecule has 0 aliphatic carbocycles. The second-order valence-corrected chi connectivity index (χ2v) is 8.93. The van der Waals surface area contributed by atoms with Crippen molar-refractivity contribution in [2.24, 2.45) is 5.92 Å². The van der Waals surface area contributed by atoms with Crippen LogP contribution in [-0.2, 0) is 11.3 Å². The molecular formula is C24H23BrN2O. The molecule has 3 aromatic rings. The smallest absolute Gasteiger partial charge is 0.182 e. The van der Waals surface area contributed by atoms with Gasteiger partial charge in [-0.25, -0.2) is 0 Å². The Labute approximate surface area is 173 Å². The molecule has 4 heteroatoms. The van der Waals surface area contributed by atoms with Crippen LogP contribution in [0, 0.1) is 12.8 Å². The summed E-state index contributed by atoms with van der Waals surface area (Å²) in [6.45, 7) is 4.95. The van der Waals surface area contributed by atoms with E-state index in [0.717, 1.165) is 48.2 Å². The Bertz CT molecular complexity index is 1090. The molecule has 3 saturated heterocycles. The molecule has 2 bridgehead atoms. The van der Waals surface area contributed by atoms with Crippen molar-refractivity contribution in [3.63, 3.8) is 0 Å². The number of halogens is 1. The Kier molecular flexibility index (Phi) is 4.39. The quantitative estimate of drug-likeness (QED) is 0.515. The van der Waals surface area contributed by atoms with Gasteiger partial charge in [0.15, 0.2) is 5.78 Å². The van der Waals surface area contributed by atoms with Gasteiger partial charge in [-0.2, -0.15) is 0 Å². The molecular weight excluding hydrogens is 412 g/mol. The molecule has 0 saturated carbocycles. The van der Waals surface area contributed by atoms with Gasteiger partial charge >= 0.3 is 0 Å². The van der Waals surface area contributed by atoms with E-state index in [9.17, 15) is 4.79 Å². The molecule has 3 aliphatic heterocycles. The summed E-state index contributed by atoms with van der Waals surface area (Å²) in [5.74, 6) is 0.552. The first-order chi connectivity index (χ1) is 13.6. The topological polar surface area (TPSA) is 25.2 Å². The highest BCUT2D eigenvalue weighted by atomic mass is 79.9. The molecule has 0 atom stereocenters. The molecule has 0 N–H and O–H groups in total. The summed E-state index contributed by atoms with van der Waals surface area (Å²) in [6.07, 6.45) is 6.34. The number of allylic oxidation sites excluding steroid dienone is 1. The number of aryl methyl sites for hydroxylation is 1. The number of benzene rings is 2. The molecule has 28 heavy (non-hydrogen) atoms. The average molecular weight is 435 g/mol. The van der Waals surface area contributed by atoms with Crippen molar-refractivity contribution in [3.8, 4) is 0 Å². The van der Waals surface area contributed by atoms with Gasteiger partial charge in [0, 0.05) is 52.7 Å². The normalized spacial score (nSPS) is 18.6. The van der Waals surface area contributed by atoms with Crippen molar-refractivity contribution in [2.45, 2.75) is 26.3 Å². The van der Waals surface area contributed by atoms with Crippen molar-refractivity contribution in [3.05, 3.63) is 75.5 Å². The van der Waals surface area contributed by atoms with Crippen LogP contribution in [0.25, 0.3) is 17.0 Å². The van der Waals surface area contributed by atoms with E-state index in [-0.39, 0.29) is 5.92 Å². The molecule has 0 spiro atoms. The standard InChI is InChI=1S/C24H23BrN2O/c1-16-2-4-17(5-3-16)14-27-15-19(21-13-20(25)6-7-22(21)27)12-23-24(28)18-8-10-26(23)11-9-18/h2-7,12-13,15,18H,8-11,14H2,1H3/b23-12-. The van der Waals surface area contributed by atoms with Gasteiger partial charge in [-0.1, -0.05) is 45.8 Å². The number of Topliss-reactive ketones (excluding diaryl/α,β-unsaturated/α-hetero) is 1. The number of hydrogen-bond acceptors (Lipinski definition) is 2. The van der Waals surface area contributed by atoms with E-state index in [0.29, 0.717) is 5.78 Å². The zero-order valence-electron chi connectivity index (χ0n) is 16.0. The minimum absolute atomic E-state index is 0.226. The third-order valence-electron chi connectivity index (χ3n) is 6.10. The van der Waals surface area contributed by atoms with Crippen molar-refractivity contribution >= 4 is 38.7 Å². The second kappa shape index (κ2) is 6.93. The SMILES string of the molecule is Cc1ccc(Cn2cc(/C=C3/C(=O)C4CCN3CC4)c3cc(Br)ccc32)cc1. The van der Waals surface area contributed by atoms with Gasteiger partial charge < -0.3 is 9.47 Å². The first-order valence-electron chi connectivity index (χ1n) is 9.93. The third kappa shape index (κ3) is 3.10. The van der Waals surface area contributed by atoms with Crippen molar-refractivity contribution in [1.29, 1.82) is 0 Å². The molecule has 1 aromatic heterocycles. The number of piperidine rings is 3. The maximum atomic E-state index is 12.8. The van der Waals surface area contributed by atoms with E-state index >= 15 is 0 Å². The van der Waals surface area contributed by atoms with Gasteiger partial charge in [0.1, 0.15) is 0 Å². The predicted octanol–water partition coefficient (Wildman–Crippen LogP) is 5.40. The summed E-state index contributed by atoms with van der Waals surface area (Å²) in [7, 11) is 0. The largest absolute Gasteiger partial charge is 0.369 e. The molecule has 0 unspecified atom stereocenters. The minimum atomic E-state index is 0.226. The third-order valence-corrected chi connectivity index (χ3v) is 6.59. The van der Waals surface area contributed by atoms with Crippen molar-refractivity contribution in [1.82, 2.24) is 9.47 Å². The number of aromatic nitrogens is 1. The van der Waals surface area contributed by atoms with E-state index in [1.807, 2.05) is 0 Å². The van der Waals surface area contributed by atoms with E-state index in [1.54, 1.807) is 0 Å². The van der Waals surface area contributed by atoms with Crippen LogP contribution in [0.4, 0.5) is 0 Å². The number of carbonyl (C=O) groups excluding carboxylic acids is 1. The molecule has 0 amide bonds. The first kappa shape index (κ1) is 17.7. The van der Waals surface area contributed by atoms with Crippen LogP contribution in [0.15, 0.2) is 58.8 Å². The lowest BCUT2D eigenvalue weighted by molar-refractivity contribution is -0.125. The Morgan fingerprint density at radius 3 is 2.57 bits per heavy atom. The van der Waals surface area contributed by atoms with Gasteiger partial charge in [0.25, 0.3) is 0 Å². The lowest BCUT2D eigenvalue weighted by atomic mass is 9.84. The number of fused-ring (bicyclic) bond motifs is 4. The minimum Gasteiger partial charge on any atom is -0.369 e. The van der Waals surface area contributed by atoms with Crippen LogP contribution >= 0.6 is 15.9 Å². The second-order valence-electron chi connectivity index (χ2n) is 8.01. The van der Waals surface area contributed by atoms with Crippen LogP contribution in [-0.4, -0.2) is 28.3 Å². The number of nitrogens with zero attached hydrogens (tertiary/aromatic N) is 2. The van der Waals surface area contributed by atoms with E-state index < -0.39 is 0 Å². The van der Waals surface area contributed by atoms with E-state index in [2.05, 4.69) is 87.1 Å². The molecule has 0 radical (unpaired) electrons. The maximum absolute atomic E-state index is 12.8. The zero-order chi connectivity index (χ0) is 19.3. The fourth-order valence-corrected chi connectivity index (χ4v) is 4.85. The van der Waals surface area contributed by atoms with Crippen LogP contribution in [0.3, 0.4) is 0 Å². The van der Waals surface area contributed by atoms with Crippen molar-refractivity contribution in [2.75, 3.05) is 13.1 Å². The van der Waals surface area contributed by atoms with Gasteiger partial charge in [0.05, 0.1) is 5.70 Å². The molecule has 3 aliphatic rings. The molecule has 3 fully saturated rings. The Morgan fingerprint density at radius 1 is 1.11 bits per heavy atom. The molecule has 3 nitrogen and oxygen atoms in total. The first-order valence-corrected chi connectivity index (χ1v) is 10.7. The van der Waals surface area contributed by atoms with Crippen LogP contribution in [0.1, 0.15) is 29.5 Å². The summed E-state index contributed by atoms with van der Waals surface area (Å²) >= 11 is 3.61. The Hall–Kier alpha value is -2.33. The predicted molar refractivity (Wildman–Crippen MR) is 117 cm³/mol. The molecule has 6 rings (SSSR count). The number of hydrogen-bond donors (Lipinski definition) is 0. The number of ketones is 1. The lowest BCUT2D eigenvalue weighted by Crippen LogP contribution is -2.45. The van der Waals surface area contributed by atoms with Gasteiger partial charge in [-0.3, -0.25) is 4.79 Å². The maximum Gasteiger partial charge on any atom is 0.182 e. The van der Waals surface area contributed by atoms with E-state index in [4.69, 9.17) is 0 Å². The number of carbonyl (C=O) groups is 1. The highest BCUT2D eigenvalue weighted by Gasteiger charge is 2.36. The summed E-state index contributed by atoms with van der Waals surface area (Å²) in [4.78, 5) is 15.1. The van der Waals surface area contributed by atoms with Gasteiger partial charge in [0.2, 0.25) is 0 Å². The summed E-state index contributed by atoms with van der Waals surface area (Å²) in [5.41, 5.74) is 5.77. The van der Waals surface area contributed by atoms with Gasteiger partial charge in [-0.15, -0.1) is 0 Å². The van der Waals surface area contributed by atoms with Crippen LogP contribution in [0.5, 0.6) is 0 Å². The van der Waals surface area contributed by atoms with Crippen LogP contribution in [0.2, 0.25) is 0 Å². The Balaban J connectivity index is 1.59. The summed E-state index contributed by atoms with van der Waals surface area (Å²) in [5, 5.41) is 1.18. The van der Waals surface area contributed by atoms with Gasteiger partial charge in [-0.05, 0) is 49.6 Å². The monoisotopic (exact) mass is 434 g/mol. The fourth-order valence-electron chi connectivity index (χ4n) is 4.49. The fraction of sp³-hybridized carbons (Fsp3) is 0.292. The highest BCUT2D eigenvalue weighted by molar-refractivity contribution is 9.10. The molecule has 142 valence electrons. The lowest BCUT2D eigenvalue weighted by Gasteiger charge is -2.41. The highest BCUT2D eigenvalue weighted by Crippen LogP contribution is 2.34. The average Bonchev–Trinajstić information content (AvgIpc) is 3.03. The van der Waals surface area contributed by atoms with Crippen molar-refractivity contribution < 1.29 is 4.79 Å². The molecule has 4 heterocycles. The number of rotatable bonds is 3. The summed E-state index contributed by atoms with van der Waals surface area (Å²) < 4.78 is 3.35. The summed E-state index contributed by atoms with van der Waals surface area (Å²) in [6, 6.07) is 15.1. The zero-order valence-corrected chi connectivity index (χ0v) is 17.6. The van der Waals surface area contributed by atoms with E-state index in [1.165, 1.54) is 22.0 Å². The Morgan fingerprint density at radius 2 is 1.86 bits per heavy atom. The van der Waals surface area contributed by atoms with Crippen LogP contribution < -0.4 is 0 Å². The molecule has 2 aromatic carbocycles.